The van der Waals surface area contributed by atoms with Gasteiger partial charge in [0.1, 0.15) is 0 Å². The smallest absolute Gasteiger partial charge is 0.243 e. The molecule has 0 bridgehead atoms. The number of carbonyl (C=O) groups is 1. The lowest BCUT2D eigenvalue weighted by molar-refractivity contribution is -0.116. The largest absolute Gasteiger partial charge is 0.315 e. The molecule has 2 aliphatic heterocycles. The van der Waals surface area contributed by atoms with Gasteiger partial charge in [0.25, 0.3) is 0 Å². The third-order valence-corrected chi connectivity index (χ3v) is 9.29. The van der Waals surface area contributed by atoms with E-state index in [1.165, 1.54) is 11.8 Å². The molecule has 0 unspecified atom stereocenters. The number of rotatable bonds is 7. The van der Waals surface area contributed by atoms with Crippen LogP contribution >= 0.6 is 11.8 Å². The molecule has 7 nitrogen and oxygen atoms in total. The minimum Gasteiger partial charge on any atom is -0.315 e. The summed E-state index contributed by atoms with van der Waals surface area (Å²) in [6.07, 6.45) is 5.22. The molecule has 0 radical (unpaired) electrons. The molecule has 178 valence electrons. The van der Waals surface area contributed by atoms with Crippen LogP contribution in [0, 0.1) is 0 Å². The highest BCUT2D eigenvalue weighted by Crippen LogP contribution is 2.32. The van der Waals surface area contributed by atoms with Crippen molar-refractivity contribution >= 4 is 44.4 Å². The van der Waals surface area contributed by atoms with Crippen LogP contribution in [-0.4, -0.2) is 53.6 Å². The lowest BCUT2D eigenvalue weighted by Crippen LogP contribution is -2.37. The van der Waals surface area contributed by atoms with E-state index in [9.17, 15) is 13.2 Å². The summed E-state index contributed by atoms with van der Waals surface area (Å²) in [4.78, 5) is 20.1. The molecule has 0 N–H and O–H groups in total. The first-order chi connectivity index (χ1) is 16.5. The van der Waals surface area contributed by atoms with Crippen LogP contribution < -0.4 is 4.90 Å². The summed E-state index contributed by atoms with van der Waals surface area (Å²) in [7, 11) is -3.47. The molecule has 3 heterocycles. The predicted molar refractivity (Wildman–Crippen MR) is 136 cm³/mol. The Balaban J connectivity index is 1.35. The number of aryl methyl sites for hydroxylation is 1. The third-order valence-electron chi connectivity index (χ3n) is 6.43. The molecule has 0 spiro atoms. The Morgan fingerprint density at radius 2 is 1.88 bits per heavy atom. The monoisotopic (exact) mass is 496 g/mol. The molecule has 3 aromatic rings. The summed E-state index contributed by atoms with van der Waals surface area (Å²) in [6, 6.07) is 13.1. The van der Waals surface area contributed by atoms with E-state index in [4.69, 9.17) is 4.98 Å². The zero-order valence-electron chi connectivity index (χ0n) is 19.0. The Morgan fingerprint density at radius 1 is 1.09 bits per heavy atom. The predicted octanol–water partition coefficient (Wildman–Crippen LogP) is 4.08. The summed E-state index contributed by atoms with van der Waals surface area (Å²) < 4.78 is 29.6. The van der Waals surface area contributed by atoms with Gasteiger partial charge in [0, 0.05) is 31.9 Å². The lowest BCUT2D eigenvalue weighted by atomic mass is 10.0. The van der Waals surface area contributed by atoms with Gasteiger partial charge in [0.15, 0.2) is 5.16 Å². The Kier molecular flexibility index (Phi) is 6.50. The molecule has 2 aromatic carbocycles. The fourth-order valence-corrected chi connectivity index (χ4v) is 7.21. The molecule has 5 rings (SSSR count). The van der Waals surface area contributed by atoms with Crippen molar-refractivity contribution in [1.29, 1.82) is 0 Å². The van der Waals surface area contributed by atoms with E-state index >= 15 is 0 Å². The second-order valence-corrected chi connectivity index (χ2v) is 11.5. The topological polar surface area (TPSA) is 75.5 Å². The van der Waals surface area contributed by atoms with Crippen molar-refractivity contribution in [2.75, 3.05) is 30.3 Å². The number of thioether (sulfide) groups is 1. The molecule has 34 heavy (non-hydrogen) atoms. The van der Waals surface area contributed by atoms with E-state index in [0.717, 1.165) is 53.1 Å². The number of benzene rings is 2. The standard InChI is InChI=1S/C25H28N4O3S2/c1-2-13-29-23-10-4-3-9-21(23)26-25(29)33-18-24(30)28-16-7-8-19-17-20(11-12-22(19)28)34(31,32)27-14-5-6-15-27/h2-4,9-12,17H,1,5-8,13-16,18H2. The maximum absolute atomic E-state index is 13.2. The first-order valence-electron chi connectivity index (χ1n) is 11.6. The molecule has 0 atom stereocenters. The van der Waals surface area contributed by atoms with Crippen LogP contribution in [0.5, 0.6) is 0 Å². The van der Waals surface area contributed by atoms with E-state index < -0.39 is 10.0 Å². The van der Waals surface area contributed by atoms with Crippen molar-refractivity contribution < 1.29 is 13.2 Å². The van der Waals surface area contributed by atoms with Gasteiger partial charge in [-0.2, -0.15) is 4.31 Å². The number of fused-ring (bicyclic) bond motifs is 2. The van der Waals surface area contributed by atoms with E-state index in [2.05, 4.69) is 11.1 Å². The number of sulfonamides is 1. The summed E-state index contributed by atoms with van der Waals surface area (Å²) in [5.74, 6) is 0.256. The zero-order valence-corrected chi connectivity index (χ0v) is 20.7. The van der Waals surface area contributed by atoms with Crippen molar-refractivity contribution in [3.05, 3.63) is 60.7 Å². The van der Waals surface area contributed by atoms with E-state index in [0.29, 0.717) is 31.1 Å². The SMILES string of the molecule is C=CCn1c(SCC(=O)N2CCCc3cc(S(=O)(=O)N4CCCC4)ccc32)nc2ccccc21. The normalized spacial score (nSPS) is 16.6. The number of anilines is 1. The fourth-order valence-electron chi connectivity index (χ4n) is 4.74. The van der Waals surface area contributed by atoms with Gasteiger partial charge in [-0.15, -0.1) is 6.58 Å². The summed E-state index contributed by atoms with van der Waals surface area (Å²) in [6.45, 7) is 6.27. The number of nitrogens with zero attached hydrogens (tertiary/aromatic N) is 4. The number of aromatic nitrogens is 2. The molecular weight excluding hydrogens is 468 g/mol. The first kappa shape index (κ1) is 23.1. The molecule has 1 fully saturated rings. The van der Waals surface area contributed by atoms with Gasteiger partial charge < -0.3 is 9.47 Å². The van der Waals surface area contributed by atoms with Crippen molar-refractivity contribution in [2.24, 2.45) is 0 Å². The van der Waals surface area contributed by atoms with Crippen molar-refractivity contribution in [2.45, 2.75) is 42.3 Å². The Morgan fingerprint density at radius 3 is 2.68 bits per heavy atom. The van der Waals surface area contributed by atoms with Crippen LogP contribution in [0.3, 0.4) is 0 Å². The first-order valence-corrected chi connectivity index (χ1v) is 14.0. The molecule has 0 saturated carbocycles. The van der Waals surface area contributed by atoms with E-state index in [-0.39, 0.29) is 11.7 Å². The molecular formula is C25H28N4O3S2. The number of imidazole rings is 1. The van der Waals surface area contributed by atoms with Crippen molar-refractivity contribution in [1.82, 2.24) is 13.9 Å². The summed E-state index contributed by atoms with van der Waals surface area (Å²) >= 11 is 1.42. The van der Waals surface area contributed by atoms with Gasteiger partial charge in [-0.1, -0.05) is 30.0 Å². The molecule has 1 aromatic heterocycles. The highest BCUT2D eigenvalue weighted by Gasteiger charge is 2.30. The van der Waals surface area contributed by atoms with Crippen molar-refractivity contribution in [3.8, 4) is 0 Å². The maximum atomic E-state index is 13.2. The molecule has 2 aliphatic rings. The minimum absolute atomic E-state index is 0.00157. The van der Waals surface area contributed by atoms with E-state index in [1.54, 1.807) is 27.4 Å². The van der Waals surface area contributed by atoms with Crippen LogP contribution in [0.4, 0.5) is 5.69 Å². The Hall–Kier alpha value is -2.62. The highest BCUT2D eigenvalue weighted by molar-refractivity contribution is 7.99. The number of hydrogen-bond donors (Lipinski definition) is 0. The van der Waals surface area contributed by atoms with Crippen LogP contribution in [0.2, 0.25) is 0 Å². The second kappa shape index (κ2) is 9.56. The quantitative estimate of drug-likeness (QED) is 0.364. The lowest BCUT2D eigenvalue weighted by Gasteiger charge is -2.30. The van der Waals surface area contributed by atoms with Gasteiger partial charge in [-0.3, -0.25) is 4.79 Å². The zero-order chi connectivity index (χ0) is 23.7. The van der Waals surface area contributed by atoms with Crippen LogP contribution in [0.1, 0.15) is 24.8 Å². The maximum Gasteiger partial charge on any atom is 0.243 e. The Bertz CT molecular complexity index is 1340. The summed E-state index contributed by atoms with van der Waals surface area (Å²) in [5, 5.41) is 0.790. The van der Waals surface area contributed by atoms with E-state index in [1.807, 2.05) is 30.3 Å². The molecule has 0 aliphatic carbocycles. The van der Waals surface area contributed by atoms with Crippen molar-refractivity contribution in [3.63, 3.8) is 0 Å². The second-order valence-electron chi connectivity index (χ2n) is 8.62. The minimum atomic E-state index is -3.47. The third kappa shape index (κ3) is 4.28. The van der Waals surface area contributed by atoms with Crippen LogP contribution in [0.25, 0.3) is 11.0 Å². The van der Waals surface area contributed by atoms with Gasteiger partial charge in [-0.25, -0.2) is 13.4 Å². The van der Waals surface area contributed by atoms with Gasteiger partial charge >= 0.3 is 0 Å². The van der Waals surface area contributed by atoms with Crippen LogP contribution in [0.15, 0.2) is 65.2 Å². The number of para-hydroxylation sites is 2. The number of amides is 1. The van der Waals surface area contributed by atoms with Gasteiger partial charge in [0.2, 0.25) is 15.9 Å². The average molecular weight is 497 g/mol. The molecule has 1 saturated heterocycles. The van der Waals surface area contributed by atoms with Gasteiger partial charge in [0.05, 0.1) is 21.7 Å². The van der Waals surface area contributed by atoms with Crippen LogP contribution in [-0.2, 0) is 27.8 Å². The summed E-state index contributed by atoms with van der Waals surface area (Å²) in [5.41, 5.74) is 3.65. The molecule has 1 amide bonds. The number of hydrogen-bond acceptors (Lipinski definition) is 5. The fraction of sp³-hybridized carbons (Fsp3) is 0.360. The Labute approximate surface area is 204 Å². The highest BCUT2D eigenvalue weighted by atomic mass is 32.2. The number of allylic oxidation sites excluding steroid dienone is 1. The number of carbonyl (C=O) groups excluding carboxylic acids is 1. The van der Waals surface area contributed by atoms with Gasteiger partial charge in [-0.05, 0) is 61.6 Å². The molecule has 9 heteroatoms. The average Bonchev–Trinajstić information content (AvgIpc) is 3.51.